The highest BCUT2D eigenvalue weighted by Crippen LogP contribution is 2.41. The standard InChI is InChI=1S/C16H12BrN3O2S/c17-11-3-1-2-10(8-11)14(21)18-12-6-7-23-13(12)16-20-19-15(22-16)9-4-5-9/h1-3,6-9H,4-5H2,(H,18,21). The van der Waals surface area contributed by atoms with E-state index in [1.807, 2.05) is 23.6 Å². The average molecular weight is 390 g/mol. The lowest BCUT2D eigenvalue weighted by molar-refractivity contribution is 0.102. The number of carbonyl (C=O) groups excluding carboxylic acids is 1. The van der Waals surface area contributed by atoms with Crippen molar-refractivity contribution in [2.75, 3.05) is 5.32 Å². The second-order valence-corrected chi connectivity index (χ2v) is 7.18. The molecule has 1 aliphatic carbocycles. The summed E-state index contributed by atoms with van der Waals surface area (Å²) in [6.07, 6.45) is 2.22. The van der Waals surface area contributed by atoms with Crippen LogP contribution in [0, 0.1) is 0 Å². The van der Waals surface area contributed by atoms with E-state index >= 15 is 0 Å². The molecular formula is C16H12BrN3O2S. The first-order chi connectivity index (χ1) is 11.2. The summed E-state index contributed by atoms with van der Waals surface area (Å²) in [6.45, 7) is 0. The van der Waals surface area contributed by atoms with Crippen LogP contribution in [-0.2, 0) is 0 Å². The molecule has 0 aliphatic heterocycles. The molecule has 7 heteroatoms. The number of anilines is 1. The van der Waals surface area contributed by atoms with Crippen LogP contribution in [0.3, 0.4) is 0 Å². The molecule has 1 aromatic carbocycles. The average Bonchev–Trinajstić information content (AvgIpc) is 3.10. The highest BCUT2D eigenvalue weighted by Gasteiger charge is 2.30. The molecule has 1 amide bonds. The van der Waals surface area contributed by atoms with Gasteiger partial charge in [-0.05, 0) is 42.5 Å². The van der Waals surface area contributed by atoms with E-state index in [0.717, 1.165) is 22.2 Å². The Balaban J connectivity index is 1.58. The van der Waals surface area contributed by atoms with Crippen LogP contribution in [0.4, 0.5) is 5.69 Å². The molecule has 0 atom stereocenters. The molecule has 23 heavy (non-hydrogen) atoms. The number of nitrogens with zero attached hydrogens (tertiary/aromatic N) is 2. The van der Waals surface area contributed by atoms with Crippen LogP contribution in [-0.4, -0.2) is 16.1 Å². The summed E-state index contributed by atoms with van der Waals surface area (Å²) in [4.78, 5) is 13.2. The minimum absolute atomic E-state index is 0.173. The molecule has 4 rings (SSSR count). The maximum atomic E-state index is 12.4. The predicted octanol–water partition coefficient (Wildman–Crippen LogP) is 4.69. The zero-order chi connectivity index (χ0) is 15.8. The highest BCUT2D eigenvalue weighted by atomic mass is 79.9. The number of rotatable bonds is 4. The quantitative estimate of drug-likeness (QED) is 0.702. The Morgan fingerprint density at radius 2 is 2.17 bits per heavy atom. The molecular weight excluding hydrogens is 378 g/mol. The number of halogens is 1. The Hall–Kier alpha value is -1.99. The van der Waals surface area contributed by atoms with Crippen molar-refractivity contribution in [1.82, 2.24) is 10.2 Å². The number of benzene rings is 1. The van der Waals surface area contributed by atoms with Gasteiger partial charge in [0.15, 0.2) is 0 Å². The molecule has 1 fully saturated rings. The monoisotopic (exact) mass is 389 g/mol. The number of amides is 1. The fourth-order valence-electron chi connectivity index (χ4n) is 2.22. The second-order valence-electron chi connectivity index (χ2n) is 5.35. The zero-order valence-corrected chi connectivity index (χ0v) is 14.4. The molecule has 3 aromatic rings. The van der Waals surface area contributed by atoms with Crippen LogP contribution < -0.4 is 5.32 Å². The number of carbonyl (C=O) groups is 1. The summed E-state index contributed by atoms with van der Waals surface area (Å²) in [6, 6.07) is 9.10. The van der Waals surface area contributed by atoms with Gasteiger partial charge in [0.25, 0.3) is 11.8 Å². The lowest BCUT2D eigenvalue weighted by Gasteiger charge is -2.05. The maximum absolute atomic E-state index is 12.4. The van der Waals surface area contributed by atoms with Crippen molar-refractivity contribution in [2.45, 2.75) is 18.8 Å². The van der Waals surface area contributed by atoms with Crippen molar-refractivity contribution < 1.29 is 9.21 Å². The van der Waals surface area contributed by atoms with E-state index in [1.165, 1.54) is 11.3 Å². The van der Waals surface area contributed by atoms with Crippen LogP contribution in [0.2, 0.25) is 0 Å². The first-order valence-electron chi connectivity index (χ1n) is 7.19. The Morgan fingerprint density at radius 1 is 1.30 bits per heavy atom. The second kappa shape index (κ2) is 5.90. The fourth-order valence-corrected chi connectivity index (χ4v) is 3.39. The van der Waals surface area contributed by atoms with E-state index in [9.17, 15) is 4.79 Å². The largest absolute Gasteiger partial charge is 0.420 e. The lowest BCUT2D eigenvalue weighted by Crippen LogP contribution is -2.11. The molecule has 116 valence electrons. The van der Waals surface area contributed by atoms with Gasteiger partial charge in [0, 0.05) is 16.0 Å². The number of thiophene rings is 1. The molecule has 0 spiro atoms. The number of hydrogen-bond donors (Lipinski definition) is 1. The molecule has 1 N–H and O–H groups in total. The van der Waals surface area contributed by atoms with Crippen molar-refractivity contribution in [3.05, 3.63) is 51.6 Å². The van der Waals surface area contributed by atoms with Crippen LogP contribution in [0.5, 0.6) is 0 Å². The molecule has 1 saturated carbocycles. The van der Waals surface area contributed by atoms with E-state index in [0.29, 0.717) is 29.0 Å². The van der Waals surface area contributed by atoms with E-state index in [2.05, 4.69) is 31.4 Å². The van der Waals surface area contributed by atoms with Crippen molar-refractivity contribution >= 4 is 38.9 Å². The molecule has 1 aliphatic rings. The van der Waals surface area contributed by atoms with Crippen LogP contribution >= 0.6 is 27.3 Å². The molecule has 0 bridgehead atoms. The van der Waals surface area contributed by atoms with E-state index in [4.69, 9.17) is 4.42 Å². The molecule has 5 nitrogen and oxygen atoms in total. The van der Waals surface area contributed by atoms with Gasteiger partial charge in [-0.2, -0.15) is 0 Å². The minimum atomic E-state index is -0.173. The van der Waals surface area contributed by atoms with Gasteiger partial charge in [-0.3, -0.25) is 4.79 Å². The van der Waals surface area contributed by atoms with Gasteiger partial charge in [-0.15, -0.1) is 21.5 Å². The Morgan fingerprint density at radius 3 is 2.96 bits per heavy atom. The van der Waals surface area contributed by atoms with Crippen LogP contribution in [0.1, 0.15) is 35.0 Å². The van der Waals surface area contributed by atoms with Gasteiger partial charge in [0.05, 0.1) is 5.69 Å². The predicted molar refractivity (Wildman–Crippen MR) is 91.7 cm³/mol. The molecule has 2 aromatic heterocycles. The highest BCUT2D eigenvalue weighted by molar-refractivity contribution is 9.10. The Kier molecular flexibility index (Phi) is 3.74. The van der Waals surface area contributed by atoms with Gasteiger partial charge in [0.1, 0.15) is 4.88 Å². The molecule has 0 radical (unpaired) electrons. The van der Waals surface area contributed by atoms with Crippen molar-refractivity contribution in [1.29, 1.82) is 0 Å². The van der Waals surface area contributed by atoms with E-state index in [-0.39, 0.29) is 5.91 Å². The summed E-state index contributed by atoms with van der Waals surface area (Å²) in [5, 5.41) is 13.0. The summed E-state index contributed by atoms with van der Waals surface area (Å²) < 4.78 is 6.59. The topological polar surface area (TPSA) is 68.0 Å². The number of nitrogens with one attached hydrogen (secondary N) is 1. The number of hydrogen-bond acceptors (Lipinski definition) is 5. The summed E-state index contributed by atoms with van der Waals surface area (Å²) in [5.41, 5.74) is 1.27. The molecule has 2 heterocycles. The van der Waals surface area contributed by atoms with Crippen molar-refractivity contribution in [2.24, 2.45) is 0 Å². The van der Waals surface area contributed by atoms with Gasteiger partial charge >= 0.3 is 0 Å². The third kappa shape index (κ3) is 3.07. The normalized spacial score (nSPS) is 14.0. The van der Waals surface area contributed by atoms with Crippen LogP contribution in [0.25, 0.3) is 10.8 Å². The van der Waals surface area contributed by atoms with Gasteiger partial charge < -0.3 is 9.73 Å². The van der Waals surface area contributed by atoms with Gasteiger partial charge in [0.2, 0.25) is 5.89 Å². The first kappa shape index (κ1) is 14.6. The van der Waals surface area contributed by atoms with E-state index in [1.54, 1.807) is 12.1 Å². The van der Waals surface area contributed by atoms with Gasteiger partial charge in [-0.1, -0.05) is 22.0 Å². The maximum Gasteiger partial charge on any atom is 0.259 e. The molecule has 0 unspecified atom stereocenters. The first-order valence-corrected chi connectivity index (χ1v) is 8.86. The summed E-state index contributed by atoms with van der Waals surface area (Å²) in [5.74, 6) is 1.40. The summed E-state index contributed by atoms with van der Waals surface area (Å²) in [7, 11) is 0. The lowest BCUT2D eigenvalue weighted by atomic mass is 10.2. The summed E-state index contributed by atoms with van der Waals surface area (Å²) >= 11 is 4.84. The third-order valence-electron chi connectivity index (χ3n) is 3.56. The third-order valence-corrected chi connectivity index (χ3v) is 4.96. The Bertz CT molecular complexity index is 870. The van der Waals surface area contributed by atoms with Gasteiger partial charge in [-0.25, -0.2) is 0 Å². The Labute approximate surface area is 144 Å². The molecule has 0 saturated heterocycles. The minimum Gasteiger partial charge on any atom is -0.420 e. The smallest absolute Gasteiger partial charge is 0.259 e. The SMILES string of the molecule is O=C(Nc1ccsc1-c1nnc(C2CC2)o1)c1cccc(Br)c1. The van der Waals surface area contributed by atoms with E-state index < -0.39 is 0 Å². The van der Waals surface area contributed by atoms with Crippen molar-refractivity contribution in [3.8, 4) is 10.8 Å². The number of aromatic nitrogens is 2. The van der Waals surface area contributed by atoms with Crippen LogP contribution in [0.15, 0.2) is 44.6 Å². The van der Waals surface area contributed by atoms with Crippen molar-refractivity contribution in [3.63, 3.8) is 0 Å². The fraction of sp³-hybridized carbons (Fsp3) is 0.188. The zero-order valence-electron chi connectivity index (χ0n) is 12.0.